The van der Waals surface area contributed by atoms with E-state index in [2.05, 4.69) is 36.5 Å². The third kappa shape index (κ3) is 9.84. The molecule has 1 atom stereocenters. The second-order valence-corrected chi connectivity index (χ2v) is 18.9. The maximum absolute atomic E-state index is 14.9. The highest BCUT2D eigenvalue weighted by molar-refractivity contribution is 6.05. The van der Waals surface area contributed by atoms with Gasteiger partial charge in [-0.05, 0) is 86.3 Å². The number of imide groups is 1. The number of ether oxygens (including phenoxy) is 2. The highest BCUT2D eigenvalue weighted by atomic mass is 19.1. The first kappa shape index (κ1) is 47.2. The molecule has 4 fully saturated rings. The Morgan fingerprint density at radius 1 is 0.930 bits per heavy atom. The van der Waals surface area contributed by atoms with Crippen molar-refractivity contribution in [2.45, 2.75) is 63.3 Å². The van der Waals surface area contributed by atoms with Crippen LogP contribution in [0, 0.1) is 23.0 Å². The van der Waals surface area contributed by atoms with Crippen molar-refractivity contribution in [3.05, 3.63) is 107 Å². The van der Waals surface area contributed by atoms with Gasteiger partial charge < -0.3 is 29.5 Å². The smallest absolute Gasteiger partial charge is 0.255 e. The lowest BCUT2D eigenvalue weighted by atomic mass is 9.86. The molecule has 5 aromatic rings. The number of anilines is 1. The zero-order valence-electron chi connectivity index (χ0n) is 39.2. The number of rotatable bonds is 14. The monoisotopic (exact) mass is 969 g/mol. The second-order valence-electron chi connectivity index (χ2n) is 18.9. The molecule has 368 valence electrons. The molecule has 10 rings (SSSR count). The Bertz CT molecular complexity index is 2940. The predicted molar refractivity (Wildman–Crippen MR) is 253 cm³/mol. The zero-order valence-corrected chi connectivity index (χ0v) is 39.2. The van der Waals surface area contributed by atoms with E-state index in [1.807, 2.05) is 36.1 Å². The molecule has 0 spiro atoms. The van der Waals surface area contributed by atoms with Crippen molar-refractivity contribution in [2.24, 2.45) is 0 Å². The fourth-order valence-electron chi connectivity index (χ4n) is 10.4. The van der Waals surface area contributed by atoms with Gasteiger partial charge in [0.05, 0.1) is 41.2 Å². The molecule has 4 saturated heterocycles. The van der Waals surface area contributed by atoms with Gasteiger partial charge in [-0.2, -0.15) is 10.4 Å². The lowest BCUT2D eigenvalue weighted by molar-refractivity contribution is -0.137. The van der Waals surface area contributed by atoms with Crippen LogP contribution in [0.5, 0.6) is 11.5 Å². The maximum atomic E-state index is 14.9. The molecule has 5 amide bonds. The third-order valence-electron chi connectivity index (χ3n) is 14.3. The molecule has 3 aromatic heterocycles. The van der Waals surface area contributed by atoms with Gasteiger partial charge in [-0.1, -0.05) is 0 Å². The average molecular weight is 970 g/mol. The molecule has 20 heteroatoms. The third-order valence-corrected chi connectivity index (χ3v) is 14.3. The number of hydrogen-bond donors (Lipinski definition) is 2. The minimum absolute atomic E-state index is 0.0522. The van der Waals surface area contributed by atoms with Gasteiger partial charge in [0.2, 0.25) is 17.7 Å². The minimum Gasteiger partial charge on any atom is -0.492 e. The van der Waals surface area contributed by atoms with Crippen molar-refractivity contribution in [1.29, 1.82) is 5.26 Å². The highest BCUT2D eigenvalue weighted by Crippen LogP contribution is 2.34. The number of likely N-dealkylation sites (tertiary alicyclic amines) is 1. The van der Waals surface area contributed by atoms with E-state index in [-0.39, 0.29) is 42.4 Å². The van der Waals surface area contributed by atoms with Crippen LogP contribution in [-0.2, 0) is 20.9 Å². The Morgan fingerprint density at radius 3 is 2.46 bits per heavy atom. The summed E-state index contributed by atoms with van der Waals surface area (Å²) in [5.74, 6) is -1.21. The van der Waals surface area contributed by atoms with Gasteiger partial charge in [0.1, 0.15) is 47.2 Å². The molecule has 0 bridgehead atoms. The Hall–Kier alpha value is -7.50. The molecule has 71 heavy (non-hydrogen) atoms. The van der Waals surface area contributed by atoms with Crippen molar-refractivity contribution in [2.75, 3.05) is 77.0 Å². The first-order valence-corrected chi connectivity index (χ1v) is 24.1. The number of fused-ring (bicyclic) bond motifs is 2. The van der Waals surface area contributed by atoms with Gasteiger partial charge in [0.15, 0.2) is 0 Å². The number of amides is 5. The molecule has 18 nitrogen and oxygen atoms in total. The molecule has 5 aliphatic rings. The van der Waals surface area contributed by atoms with Gasteiger partial charge in [-0.15, -0.1) is 0 Å². The second kappa shape index (κ2) is 19.7. The summed E-state index contributed by atoms with van der Waals surface area (Å²) < 4.78 is 42.8. The molecule has 5 aliphatic heterocycles. The largest absolute Gasteiger partial charge is 0.492 e. The molecular weight excluding hydrogens is 917 g/mol. The van der Waals surface area contributed by atoms with E-state index in [0.29, 0.717) is 126 Å². The number of hydrogen-bond acceptors (Lipinski definition) is 13. The Morgan fingerprint density at radius 2 is 1.73 bits per heavy atom. The molecular formula is C51H53F2N11O7. The molecule has 2 N–H and O–H groups in total. The summed E-state index contributed by atoms with van der Waals surface area (Å²) in [6, 6.07) is 15.4. The summed E-state index contributed by atoms with van der Waals surface area (Å²) in [4.78, 5) is 79.0. The summed E-state index contributed by atoms with van der Waals surface area (Å²) >= 11 is 0. The predicted octanol–water partition coefficient (Wildman–Crippen LogP) is 3.77. The lowest BCUT2D eigenvalue weighted by Gasteiger charge is -2.46. The number of benzene rings is 2. The Labute approximate surface area is 408 Å². The fraction of sp³-hybridized carbons (Fsp3) is 0.412. The summed E-state index contributed by atoms with van der Waals surface area (Å²) in [5.41, 5.74) is 2.76. The van der Waals surface area contributed by atoms with Crippen molar-refractivity contribution in [1.82, 2.24) is 44.8 Å². The number of pyridine rings is 2. The van der Waals surface area contributed by atoms with E-state index in [0.717, 1.165) is 40.7 Å². The van der Waals surface area contributed by atoms with E-state index in [1.165, 1.54) is 11.1 Å². The van der Waals surface area contributed by atoms with Crippen LogP contribution in [0.15, 0.2) is 73.2 Å². The Kier molecular flexibility index (Phi) is 13.1. The van der Waals surface area contributed by atoms with Gasteiger partial charge >= 0.3 is 0 Å². The van der Waals surface area contributed by atoms with Crippen LogP contribution < -0.4 is 25.0 Å². The molecule has 0 aliphatic carbocycles. The van der Waals surface area contributed by atoms with E-state index >= 15 is 0 Å². The zero-order chi connectivity index (χ0) is 49.4. The first-order chi connectivity index (χ1) is 34.3. The van der Waals surface area contributed by atoms with Crippen LogP contribution in [-0.4, -0.2) is 153 Å². The van der Waals surface area contributed by atoms with E-state index < -0.39 is 35.0 Å². The normalized spacial score (nSPS) is 19.5. The van der Waals surface area contributed by atoms with Crippen molar-refractivity contribution in [3.63, 3.8) is 0 Å². The minimum atomic E-state index is -0.810. The quantitative estimate of drug-likeness (QED) is 0.153. The van der Waals surface area contributed by atoms with Crippen molar-refractivity contribution >= 4 is 40.9 Å². The number of nitrogens with one attached hydrogen (secondary N) is 2. The molecule has 0 saturated carbocycles. The lowest BCUT2D eigenvalue weighted by Crippen LogP contribution is -2.63. The van der Waals surface area contributed by atoms with Crippen LogP contribution in [0.1, 0.15) is 70.9 Å². The number of carbonyl (C=O) groups excluding carboxylic acids is 5. The van der Waals surface area contributed by atoms with Gasteiger partial charge in [-0.25, -0.2) is 18.3 Å². The van der Waals surface area contributed by atoms with Crippen LogP contribution in [0.4, 0.5) is 14.6 Å². The number of piperidine rings is 2. The summed E-state index contributed by atoms with van der Waals surface area (Å²) in [6.07, 6.45) is 6.76. The maximum Gasteiger partial charge on any atom is 0.255 e. The standard InChI is InChI=1S/C51H53F2N11O7/c1-2-70-37-23-40(47-34(24-54)26-56-64(47)30-37)32-3-9-44(55-25-32)61-15-12-51(13-16-61,58-48(67)41-22-35(52)4-7-42(41)53)31-59-17-19-62(20-18-59)46(66)11-14-60-28-38(29-60)71-36-5-6-39-33(21-36)27-63(50(39)69)43-8-10-45(65)57-49(43)68/h3-7,9,21-23,25-26,30,38,43H,2,8,10-20,27-29,31H2,1H3,(H,58,67)(H,57,65,68). The molecule has 8 heterocycles. The van der Waals surface area contributed by atoms with Crippen LogP contribution in [0.25, 0.3) is 16.6 Å². The molecule has 0 radical (unpaired) electrons. The number of aromatic nitrogens is 3. The van der Waals surface area contributed by atoms with E-state index in [4.69, 9.17) is 14.5 Å². The number of carbonyl (C=O) groups is 5. The number of piperazine rings is 1. The van der Waals surface area contributed by atoms with Gasteiger partial charge in [0.25, 0.3) is 11.8 Å². The van der Waals surface area contributed by atoms with Crippen molar-refractivity contribution < 1.29 is 42.2 Å². The van der Waals surface area contributed by atoms with Crippen LogP contribution >= 0.6 is 0 Å². The van der Waals surface area contributed by atoms with E-state index in [1.54, 1.807) is 29.0 Å². The fourth-order valence-corrected chi connectivity index (χ4v) is 10.4. The average Bonchev–Trinajstić information content (AvgIpc) is 3.92. The number of halogens is 2. The SMILES string of the molecule is CCOc1cc(-c2ccc(N3CCC(CN4CCN(C(=O)CCN5CC(Oc6ccc7c(c6)CN(C6CCC(=O)NC6=O)C7=O)C5)CC4)(NC(=O)c4cc(F)ccc4F)CC3)nc2)c2c(C#N)cnn2c1. The number of nitriles is 1. The summed E-state index contributed by atoms with van der Waals surface area (Å²) in [7, 11) is 0. The molecule has 2 aromatic carbocycles. The summed E-state index contributed by atoms with van der Waals surface area (Å²) in [5, 5.41) is 19.6. The Balaban J connectivity index is 0.721. The summed E-state index contributed by atoms with van der Waals surface area (Å²) in [6.45, 7) is 8.14. The van der Waals surface area contributed by atoms with Gasteiger partial charge in [0, 0.05) is 108 Å². The van der Waals surface area contributed by atoms with Crippen LogP contribution in [0.2, 0.25) is 0 Å². The first-order valence-electron chi connectivity index (χ1n) is 24.1. The van der Waals surface area contributed by atoms with Crippen LogP contribution in [0.3, 0.4) is 0 Å². The van der Waals surface area contributed by atoms with Crippen molar-refractivity contribution in [3.8, 4) is 28.7 Å². The van der Waals surface area contributed by atoms with Gasteiger partial charge in [-0.3, -0.25) is 39.1 Å². The molecule has 1 unspecified atom stereocenters. The highest BCUT2D eigenvalue weighted by Gasteiger charge is 2.41. The topological polar surface area (TPSA) is 198 Å². The number of nitrogens with zero attached hydrogens (tertiary/aromatic N) is 9. The van der Waals surface area contributed by atoms with E-state index in [9.17, 15) is 38.0 Å².